The van der Waals surface area contributed by atoms with Crippen molar-refractivity contribution in [3.8, 4) is 0 Å². The molecule has 2 amide bonds. The predicted molar refractivity (Wildman–Crippen MR) is 115 cm³/mol. The molecule has 7 nitrogen and oxygen atoms in total. The summed E-state index contributed by atoms with van der Waals surface area (Å²) in [6, 6.07) is 7.58. The SMILES string of the molecule is CN=C(NCCOCc1cccc(Cl)c1)NCCN1C(=O)C2C3C=CC(C3)C2C1=O. The van der Waals surface area contributed by atoms with Crippen LogP contribution in [-0.2, 0) is 20.9 Å². The third-order valence-electron chi connectivity index (χ3n) is 6.11. The monoisotopic (exact) mass is 430 g/mol. The summed E-state index contributed by atoms with van der Waals surface area (Å²) in [7, 11) is 1.68. The van der Waals surface area contributed by atoms with Crippen LogP contribution in [0.4, 0.5) is 0 Å². The summed E-state index contributed by atoms with van der Waals surface area (Å²) in [5.74, 6) is 0.805. The van der Waals surface area contributed by atoms with E-state index >= 15 is 0 Å². The number of guanidine groups is 1. The number of fused-ring (bicyclic) bond motifs is 5. The fourth-order valence-corrected chi connectivity index (χ4v) is 4.96. The molecule has 3 aliphatic rings. The highest BCUT2D eigenvalue weighted by molar-refractivity contribution is 6.30. The van der Waals surface area contributed by atoms with Gasteiger partial charge in [0.2, 0.25) is 11.8 Å². The van der Waals surface area contributed by atoms with Gasteiger partial charge in [-0.25, -0.2) is 0 Å². The lowest BCUT2D eigenvalue weighted by molar-refractivity contribution is -0.140. The second-order valence-corrected chi connectivity index (χ2v) is 8.37. The van der Waals surface area contributed by atoms with E-state index in [0.717, 1.165) is 12.0 Å². The molecule has 8 heteroatoms. The number of amides is 2. The quantitative estimate of drug-likeness (QED) is 0.216. The maximum atomic E-state index is 12.7. The van der Waals surface area contributed by atoms with Gasteiger partial charge in [-0.1, -0.05) is 35.9 Å². The Bertz CT molecular complexity index is 842. The Kier molecular flexibility index (Phi) is 6.39. The number of allylic oxidation sites excluding steroid dienone is 2. The minimum atomic E-state index is -0.137. The van der Waals surface area contributed by atoms with Gasteiger partial charge in [-0.3, -0.25) is 19.5 Å². The smallest absolute Gasteiger partial charge is 0.233 e. The maximum absolute atomic E-state index is 12.7. The number of imide groups is 1. The van der Waals surface area contributed by atoms with Gasteiger partial charge < -0.3 is 15.4 Å². The third-order valence-corrected chi connectivity index (χ3v) is 6.34. The summed E-state index contributed by atoms with van der Waals surface area (Å²) in [5.41, 5.74) is 1.03. The zero-order valence-electron chi connectivity index (χ0n) is 17.0. The number of nitrogens with zero attached hydrogens (tertiary/aromatic N) is 2. The van der Waals surface area contributed by atoms with Crippen LogP contribution in [0.2, 0.25) is 5.02 Å². The lowest BCUT2D eigenvalue weighted by atomic mass is 9.85. The topological polar surface area (TPSA) is 83.0 Å². The Morgan fingerprint density at radius 1 is 1.17 bits per heavy atom. The van der Waals surface area contributed by atoms with Gasteiger partial charge in [0.1, 0.15) is 0 Å². The molecule has 2 N–H and O–H groups in total. The number of hydrogen-bond donors (Lipinski definition) is 2. The van der Waals surface area contributed by atoms with Crippen LogP contribution in [0.5, 0.6) is 0 Å². The van der Waals surface area contributed by atoms with Crippen molar-refractivity contribution in [1.82, 2.24) is 15.5 Å². The summed E-state index contributed by atoms with van der Waals surface area (Å²) in [6.07, 6.45) is 5.17. The van der Waals surface area contributed by atoms with Crippen molar-refractivity contribution in [3.63, 3.8) is 0 Å². The van der Waals surface area contributed by atoms with Crippen LogP contribution in [0.25, 0.3) is 0 Å². The zero-order chi connectivity index (χ0) is 21.1. The minimum absolute atomic E-state index is 0.0130. The fourth-order valence-electron chi connectivity index (χ4n) is 4.75. The largest absolute Gasteiger partial charge is 0.375 e. The molecule has 1 aromatic carbocycles. The third kappa shape index (κ3) is 4.23. The molecule has 0 aromatic heterocycles. The first-order chi connectivity index (χ1) is 14.6. The molecule has 1 saturated heterocycles. The van der Waals surface area contributed by atoms with E-state index in [1.165, 1.54) is 4.90 Å². The molecule has 2 fully saturated rings. The van der Waals surface area contributed by atoms with Crippen LogP contribution in [0.15, 0.2) is 41.4 Å². The van der Waals surface area contributed by atoms with Gasteiger partial charge in [0.15, 0.2) is 5.96 Å². The Morgan fingerprint density at radius 3 is 2.53 bits per heavy atom. The van der Waals surface area contributed by atoms with Gasteiger partial charge in [-0.05, 0) is 36.0 Å². The van der Waals surface area contributed by atoms with Gasteiger partial charge in [-0.2, -0.15) is 0 Å². The van der Waals surface area contributed by atoms with Crippen molar-refractivity contribution in [2.45, 2.75) is 13.0 Å². The van der Waals surface area contributed by atoms with E-state index in [0.29, 0.717) is 43.8 Å². The lowest BCUT2D eigenvalue weighted by Crippen LogP contribution is -2.44. The minimum Gasteiger partial charge on any atom is -0.375 e. The average Bonchev–Trinajstić information content (AvgIpc) is 3.42. The van der Waals surface area contributed by atoms with Crippen LogP contribution in [0.1, 0.15) is 12.0 Å². The number of aliphatic imine (C=N–C) groups is 1. The number of carbonyl (C=O) groups is 2. The van der Waals surface area contributed by atoms with Crippen LogP contribution in [0.3, 0.4) is 0 Å². The number of ether oxygens (including phenoxy) is 1. The number of carbonyl (C=O) groups excluding carboxylic acids is 2. The second-order valence-electron chi connectivity index (χ2n) is 7.94. The number of rotatable bonds is 8. The molecular weight excluding hydrogens is 404 g/mol. The molecule has 2 aliphatic carbocycles. The summed E-state index contributed by atoms with van der Waals surface area (Å²) >= 11 is 5.96. The lowest BCUT2D eigenvalue weighted by Gasteiger charge is -2.18. The number of halogens is 1. The molecule has 0 spiro atoms. The van der Waals surface area contributed by atoms with Crippen LogP contribution < -0.4 is 10.6 Å². The van der Waals surface area contributed by atoms with Crippen LogP contribution in [-0.4, -0.2) is 56.0 Å². The molecule has 1 saturated carbocycles. The summed E-state index contributed by atoms with van der Waals surface area (Å²) in [5, 5.41) is 7.03. The predicted octanol–water partition coefficient (Wildman–Crippen LogP) is 1.83. The summed E-state index contributed by atoms with van der Waals surface area (Å²) < 4.78 is 5.64. The highest BCUT2D eigenvalue weighted by Gasteiger charge is 2.58. The van der Waals surface area contributed by atoms with Crippen LogP contribution in [0, 0.1) is 23.7 Å². The zero-order valence-corrected chi connectivity index (χ0v) is 17.8. The maximum Gasteiger partial charge on any atom is 0.233 e. The Morgan fingerprint density at radius 2 is 1.87 bits per heavy atom. The van der Waals surface area contributed by atoms with Crippen molar-refractivity contribution in [3.05, 3.63) is 47.0 Å². The number of nitrogens with one attached hydrogen (secondary N) is 2. The van der Waals surface area contributed by atoms with E-state index in [1.807, 2.05) is 24.3 Å². The molecule has 4 rings (SSSR count). The molecule has 1 aliphatic heterocycles. The second kappa shape index (κ2) is 9.18. The molecule has 4 unspecified atom stereocenters. The van der Waals surface area contributed by atoms with Crippen molar-refractivity contribution in [1.29, 1.82) is 0 Å². The number of likely N-dealkylation sites (tertiary alicyclic amines) is 1. The van der Waals surface area contributed by atoms with Gasteiger partial charge in [-0.15, -0.1) is 0 Å². The molecule has 30 heavy (non-hydrogen) atoms. The standard InChI is InChI=1S/C22H27ClN4O3/c1-24-22(26-8-10-30-13-14-3-2-4-17(23)11-14)25-7-9-27-20(28)18-15-5-6-16(12-15)19(18)21(27)29/h2-6,11,15-16,18-19H,7-10,12-13H2,1H3,(H2,24,25,26). The highest BCUT2D eigenvalue weighted by Crippen LogP contribution is 2.52. The first-order valence-electron chi connectivity index (χ1n) is 10.4. The van der Waals surface area contributed by atoms with E-state index in [1.54, 1.807) is 7.05 Å². The molecule has 4 atom stereocenters. The van der Waals surface area contributed by atoms with Crippen molar-refractivity contribution in [2.24, 2.45) is 28.7 Å². The Labute approximate surface area is 181 Å². The Balaban J connectivity index is 1.15. The van der Waals surface area contributed by atoms with Gasteiger partial charge in [0.05, 0.1) is 25.0 Å². The van der Waals surface area contributed by atoms with Gasteiger partial charge in [0.25, 0.3) is 0 Å². The Hall–Kier alpha value is -2.38. The molecular formula is C22H27ClN4O3. The summed E-state index contributed by atoms with van der Waals surface area (Å²) in [6.45, 7) is 2.40. The van der Waals surface area contributed by atoms with E-state index in [2.05, 4.69) is 27.8 Å². The average molecular weight is 431 g/mol. The molecule has 0 radical (unpaired) electrons. The van der Waals surface area contributed by atoms with E-state index in [4.69, 9.17) is 16.3 Å². The first-order valence-corrected chi connectivity index (χ1v) is 10.8. The molecule has 2 bridgehead atoms. The van der Waals surface area contributed by atoms with Crippen LogP contribution >= 0.6 is 11.6 Å². The van der Waals surface area contributed by atoms with Crippen molar-refractivity contribution >= 4 is 29.4 Å². The highest BCUT2D eigenvalue weighted by atomic mass is 35.5. The first kappa shape index (κ1) is 20.9. The number of hydrogen-bond acceptors (Lipinski definition) is 4. The van der Waals surface area contributed by atoms with Crippen molar-refractivity contribution < 1.29 is 14.3 Å². The number of benzene rings is 1. The van der Waals surface area contributed by atoms with E-state index in [9.17, 15) is 9.59 Å². The summed E-state index contributed by atoms with van der Waals surface area (Å²) in [4.78, 5) is 31.0. The van der Waals surface area contributed by atoms with E-state index < -0.39 is 0 Å². The molecule has 1 aromatic rings. The normalized spacial score (nSPS) is 27.1. The van der Waals surface area contributed by atoms with Gasteiger partial charge >= 0.3 is 0 Å². The fraction of sp³-hybridized carbons (Fsp3) is 0.500. The van der Waals surface area contributed by atoms with Gasteiger partial charge in [0, 0.05) is 31.7 Å². The van der Waals surface area contributed by atoms with Crippen molar-refractivity contribution in [2.75, 3.05) is 33.3 Å². The van der Waals surface area contributed by atoms with E-state index in [-0.39, 0.29) is 35.5 Å². The molecule has 160 valence electrons. The molecule has 1 heterocycles.